The third-order valence-electron chi connectivity index (χ3n) is 3.71. The number of nitrogens with one attached hydrogen (secondary N) is 1. The second-order valence-corrected chi connectivity index (χ2v) is 5.42. The monoisotopic (exact) mass is 262 g/mol. The van der Waals surface area contributed by atoms with Gasteiger partial charge in [0.05, 0.1) is 11.8 Å². The minimum absolute atomic E-state index is 0.365. The van der Waals surface area contributed by atoms with E-state index in [2.05, 4.69) is 42.3 Å². The van der Waals surface area contributed by atoms with Crippen molar-refractivity contribution in [1.82, 2.24) is 10.3 Å². The summed E-state index contributed by atoms with van der Waals surface area (Å²) in [7, 11) is 0. The van der Waals surface area contributed by atoms with Crippen molar-refractivity contribution in [3.8, 4) is 0 Å². The highest BCUT2D eigenvalue weighted by atomic mass is 16.5. The van der Waals surface area contributed by atoms with Crippen LogP contribution in [-0.2, 0) is 4.74 Å². The molecule has 1 saturated heterocycles. The third-order valence-corrected chi connectivity index (χ3v) is 3.71. The van der Waals surface area contributed by atoms with Crippen molar-refractivity contribution in [1.29, 1.82) is 0 Å². The molecule has 1 aromatic heterocycles. The largest absolute Gasteiger partial charge is 0.378 e. The number of aryl methyl sites for hydroxylation is 1. The lowest BCUT2D eigenvalue weighted by Gasteiger charge is -2.20. The predicted molar refractivity (Wildman–Crippen MR) is 78.2 cm³/mol. The van der Waals surface area contributed by atoms with Crippen LogP contribution in [0, 0.1) is 6.92 Å². The van der Waals surface area contributed by atoms with Gasteiger partial charge < -0.3 is 10.1 Å². The number of aromatic nitrogens is 1. The molecule has 3 nitrogen and oxygen atoms in total. The Kier molecular flexibility index (Phi) is 5.80. The van der Waals surface area contributed by atoms with Crippen LogP contribution in [0.3, 0.4) is 0 Å². The van der Waals surface area contributed by atoms with E-state index in [1.807, 2.05) is 0 Å². The summed E-state index contributed by atoms with van der Waals surface area (Å²) in [6, 6.07) is 6.66. The van der Waals surface area contributed by atoms with Crippen molar-refractivity contribution in [2.75, 3.05) is 13.2 Å². The van der Waals surface area contributed by atoms with Gasteiger partial charge in [0, 0.05) is 18.3 Å². The summed E-state index contributed by atoms with van der Waals surface area (Å²) in [5.74, 6) is 0. The van der Waals surface area contributed by atoms with Crippen LogP contribution in [0.4, 0.5) is 0 Å². The minimum atomic E-state index is 0.365. The van der Waals surface area contributed by atoms with Gasteiger partial charge in [0.25, 0.3) is 0 Å². The van der Waals surface area contributed by atoms with Gasteiger partial charge in [-0.2, -0.15) is 0 Å². The Hall–Kier alpha value is -0.930. The normalized spacial score (nSPS) is 20.6. The van der Waals surface area contributed by atoms with Crippen molar-refractivity contribution in [3.05, 3.63) is 29.6 Å². The van der Waals surface area contributed by atoms with Crippen molar-refractivity contribution in [3.63, 3.8) is 0 Å². The molecule has 0 aromatic carbocycles. The highest BCUT2D eigenvalue weighted by molar-refractivity contribution is 5.13. The first-order chi connectivity index (χ1) is 9.29. The van der Waals surface area contributed by atoms with Gasteiger partial charge >= 0.3 is 0 Å². The summed E-state index contributed by atoms with van der Waals surface area (Å²) < 4.78 is 5.72. The van der Waals surface area contributed by atoms with Crippen LogP contribution in [0.2, 0.25) is 0 Å². The number of hydrogen-bond acceptors (Lipinski definition) is 3. The Morgan fingerprint density at radius 2 is 2.37 bits per heavy atom. The highest BCUT2D eigenvalue weighted by Gasteiger charge is 2.19. The highest BCUT2D eigenvalue weighted by Crippen LogP contribution is 2.23. The van der Waals surface area contributed by atoms with E-state index in [1.54, 1.807) is 0 Å². The van der Waals surface area contributed by atoms with E-state index in [9.17, 15) is 0 Å². The molecule has 19 heavy (non-hydrogen) atoms. The summed E-state index contributed by atoms with van der Waals surface area (Å²) in [5, 5.41) is 3.62. The summed E-state index contributed by atoms with van der Waals surface area (Å²) in [6.07, 6.45) is 6.32. The second-order valence-electron chi connectivity index (χ2n) is 5.42. The maximum Gasteiger partial charge on any atom is 0.0576 e. The lowest BCUT2D eigenvalue weighted by atomic mass is 10.0. The van der Waals surface area contributed by atoms with E-state index in [0.29, 0.717) is 12.1 Å². The van der Waals surface area contributed by atoms with Crippen LogP contribution in [-0.4, -0.2) is 24.2 Å². The van der Waals surface area contributed by atoms with Gasteiger partial charge in [0.2, 0.25) is 0 Å². The van der Waals surface area contributed by atoms with Gasteiger partial charge in [-0.1, -0.05) is 13.0 Å². The first-order valence-electron chi connectivity index (χ1n) is 7.58. The van der Waals surface area contributed by atoms with Crippen LogP contribution >= 0.6 is 0 Å². The van der Waals surface area contributed by atoms with E-state index in [1.165, 1.54) is 18.5 Å². The third kappa shape index (κ3) is 4.59. The average molecular weight is 262 g/mol. The van der Waals surface area contributed by atoms with Crippen LogP contribution in [0.25, 0.3) is 0 Å². The fraction of sp³-hybridized carbons (Fsp3) is 0.688. The van der Waals surface area contributed by atoms with Crippen molar-refractivity contribution in [2.24, 2.45) is 0 Å². The fourth-order valence-corrected chi connectivity index (χ4v) is 2.66. The molecule has 2 atom stereocenters. The molecule has 1 aliphatic rings. The average Bonchev–Trinajstić information content (AvgIpc) is 2.92. The molecule has 0 spiro atoms. The van der Waals surface area contributed by atoms with Crippen LogP contribution < -0.4 is 5.32 Å². The maximum atomic E-state index is 5.72. The van der Waals surface area contributed by atoms with Gasteiger partial charge in [-0.25, -0.2) is 0 Å². The number of rotatable bonds is 7. The topological polar surface area (TPSA) is 34.1 Å². The molecule has 1 N–H and O–H groups in total. The first kappa shape index (κ1) is 14.5. The molecule has 0 bridgehead atoms. The molecule has 2 rings (SSSR count). The molecule has 0 radical (unpaired) electrons. The molecule has 0 saturated carbocycles. The molecule has 1 fully saturated rings. The van der Waals surface area contributed by atoms with E-state index < -0.39 is 0 Å². The minimum Gasteiger partial charge on any atom is -0.378 e. The molecule has 1 aromatic rings. The van der Waals surface area contributed by atoms with Crippen LogP contribution in [0.5, 0.6) is 0 Å². The molecular formula is C16H26N2O. The molecule has 3 heteroatoms. The molecule has 1 aliphatic heterocycles. The number of hydrogen-bond donors (Lipinski definition) is 1. The van der Waals surface area contributed by atoms with Crippen molar-refractivity contribution >= 4 is 0 Å². The van der Waals surface area contributed by atoms with Gasteiger partial charge in [-0.3, -0.25) is 4.98 Å². The smallest absolute Gasteiger partial charge is 0.0576 e. The standard InChI is InChI=1S/C16H26N2O/c1-3-11-17-15(10-9-14-7-5-12-19-14)16-8-4-6-13(2)18-16/h4,6,8,14-15,17H,3,5,7,9-12H2,1-2H3. The van der Waals surface area contributed by atoms with Crippen LogP contribution in [0.15, 0.2) is 18.2 Å². The fourth-order valence-electron chi connectivity index (χ4n) is 2.66. The first-order valence-corrected chi connectivity index (χ1v) is 7.58. The van der Waals surface area contributed by atoms with Gasteiger partial charge in [-0.15, -0.1) is 0 Å². The number of pyridine rings is 1. The Morgan fingerprint density at radius 1 is 1.47 bits per heavy atom. The van der Waals surface area contributed by atoms with Gasteiger partial charge in [0.1, 0.15) is 0 Å². The predicted octanol–water partition coefficient (Wildman–Crippen LogP) is 3.39. The maximum absolute atomic E-state index is 5.72. The summed E-state index contributed by atoms with van der Waals surface area (Å²) in [4.78, 5) is 4.67. The lowest BCUT2D eigenvalue weighted by molar-refractivity contribution is 0.0994. The zero-order valence-electron chi connectivity index (χ0n) is 12.2. The Balaban J connectivity index is 1.94. The van der Waals surface area contributed by atoms with Crippen LogP contribution in [0.1, 0.15) is 56.5 Å². The summed E-state index contributed by atoms with van der Waals surface area (Å²) in [6.45, 7) is 6.25. The number of ether oxygens (including phenoxy) is 1. The van der Waals surface area contributed by atoms with E-state index in [4.69, 9.17) is 4.74 Å². The molecule has 106 valence electrons. The molecule has 2 heterocycles. The molecular weight excluding hydrogens is 236 g/mol. The van der Waals surface area contributed by atoms with Gasteiger partial charge in [0.15, 0.2) is 0 Å². The Labute approximate surface area is 116 Å². The SMILES string of the molecule is CCCNC(CCC1CCCO1)c1cccc(C)n1. The quantitative estimate of drug-likeness (QED) is 0.818. The number of nitrogens with zero attached hydrogens (tertiary/aromatic N) is 1. The lowest BCUT2D eigenvalue weighted by Crippen LogP contribution is -2.24. The molecule has 2 unspecified atom stereocenters. The Bertz CT molecular complexity index is 375. The van der Waals surface area contributed by atoms with E-state index in [0.717, 1.165) is 38.1 Å². The zero-order valence-corrected chi connectivity index (χ0v) is 12.2. The molecule has 0 amide bonds. The summed E-state index contributed by atoms with van der Waals surface area (Å²) >= 11 is 0. The van der Waals surface area contributed by atoms with E-state index in [-0.39, 0.29) is 0 Å². The van der Waals surface area contributed by atoms with Crippen molar-refractivity contribution in [2.45, 2.75) is 58.1 Å². The summed E-state index contributed by atoms with van der Waals surface area (Å²) in [5.41, 5.74) is 2.27. The molecule has 0 aliphatic carbocycles. The van der Waals surface area contributed by atoms with Crippen molar-refractivity contribution < 1.29 is 4.74 Å². The zero-order chi connectivity index (χ0) is 13.5. The van der Waals surface area contributed by atoms with E-state index >= 15 is 0 Å². The second kappa shape index (κ2) is 7.61. The Morgan fingerprint density at radius 3 is 3.05 bits per heavy atom. The van der Waals surface area contributed by atoms with Gasteiger partial charge in [-0.05, 0) is 57.7 Å².